The molecule has 0 radical (unpaired) electrons. The number of nitrogens with two attached hydrogens (primary N) is 1. The molecule has 0 bridgehead atoms. The fraction of sp³-hybridized carbons (Fsp3) is 0.632. The monoisotopic (exact) mass is 415 g/mol. The quantitative estimate of drug-likeness (QED) is 0.819. The van der Waals surface area contributed by atoms with Gasteiger partial charge in [0.1, 0.15) is 0 Å². The first-order chi connectivity index (χ1) is 12.4. The number of hydrogen-bond acceptors (Lipinski definition) is 4. The molecule has 1 saturated carbocycles. The van der Waals surface area contributed by atoms with E-state index in [1.165, 1.54) is 10.7 Å². The van der Waals surface area contributed by atoms with Crippen molar-refractivity contribution >= 4 is 28.3 Å². The van der Waals surface area contributed by atoms with E-state index in [4.69, 9.17) is 5.73 Å². The van der Waals surface area contributed by atoms with Gasteiger partial charge in [0, 0.05) is 37.8 Å². The van der Waals surface area contributed by atoms with Crippen molar-refractivity contribution in [1.29, 1.82) is 0 Å². The summed E-state index contributed by atoms with van der Waals surface area (Å²) in [5, 5.41) is 0. The molecule has 27 heavy (non-hydrogen) atoms. The summed E-state index contributed by atoms with van der Waals surface area (Å²) in [7, 11) is -1.86. The number of rotatable bonds is 4. The fourth-order valence-electron chi connectivity index (χ4n) is 3.95. The molecule has 0 spiro atoms. The highest BCUT2D eigenvalue weighted by atomic mass is 35.5. The lowest BCUT2D eigenvalue weighted by Gasteiger charge is -2.31. The van der Waals surface area contributed by atoms with Crippen LogP contribution in [0.15, 0.2) is 29.2 Å². The van der Waals surface area contributed by atoms with Gasteiger partial charge in [-0.3, -0.25) is 4.79 Å². The minimum atomic E-state index is -3.53. The summed E-state index contributed by atoms with van der Waals surface area (Å²) in [5.41, 5.74) is 6.46. The number of hydrogen-bond donors (Lipinski definition) is 1. The predicted molar refractivity (Wildman–Crippen MR) is 109 cm³/mol. The summed E-state index contributed by atoms with van der Waals surface area (Å²) in [4.78, 5) is 14.6. The predicted octanol–water partition coefficient (Wildman–Crippen LogP) is 2.62. The van der Waals surface area contributed by atoms with Gasteiger partial charge in [-0.2, -0.15) is 4.31 Å². The van der Waals surface area contributed by atoms with Gasteiger partial charge in [0.05, 0.1) is 4.90 Å². The van der Waals surface area contributed by atoms with E-state index in [0.717, 1.165) is 38.5 Å². The van der Waals surface area contributed by atoms with Crippen LogP contribution in [0.25, 0.3) is 0 Å². The zero-order chi connectivity index (χ0) is 18.7. The lowest BCUT2D eigenvalue weighted by molar-refractivity contribution is 0.0708. The van der Waals surface area contributed by atoms with Crippen molar-refractivity contribution in [2.45, 2.75) is 61.9 Å². The third kappa shape index (κ3) is 5.02. The molecule has 1 unspecified atom stereocenters. The van der Waals surface area contributed by atoms with Gasteiger partial charge >= 0.3 is 0 Å². The zero-order valence-corrected chi connectivity index (χ0v) is 17.5. The summed E-state index contributed by atoms with van der Waals surface area (Å²) in [6.45, 7) is 1.26. The molecule has 6 nitrogen and oxygen atoms in total. The molecule has 1 heterocycles. The van der Waals surface area contributed by atoms with E-state index in [1.54, 1.807) is 36.2 Å². The first-order valence-electron chi connectivity index (χ1n) is 9.52. The first-order valence-corrected chi connectivity index (χ1v) is 11.0. The van der Waals surface area contributed by atoms with Crippen molar-refractivity contribution in [2.24, 2.45) is 5.73 Å². The number of benzene rings is 1. The van der Waals surface area contributed by atoms with E-state index < -0.39 is 10.0 Å². The van der Waals surface area contributed by atoms with Crippen LogP contribution in [-0.2, 0) is 10.0 Å². The second-order valence-corrected chi connectivity index (χ2v) is 9.49. The van der Waals surface area contributed by atoms with Crippen LogP contribution in [0, 0.1) is 0 Å². The molecule has 2 N–H and O–H groups in total. The van der Waals surface area contributed by atoms with Gasteiger partial charge in [-0.1, -0.05) is 19.3 Å². The van der Waals surface area contributed by atoms with Gasteiger partial charge in [-0.05, 0) is 49.9 Å². The average Bonchev–Trinajstić information content (AvgIpc) is 2.67. The van der Waals surface area contributed by atoms with Crippen molar-refractivity contribution in [1.82, 2.24) is 9.21 Å². The summed E-state index contributed by atoms with van der Waals surface area (Å²) >= 11 is 0. The molecule has 152 valence electrons. The fourth-order valence-corrected chi connectivity index (χ4v) is 5.37. The summed E-state index contributed by atoms with van der Waals surface area (Å²) in [6.07, 6.45) is 7.02. The van der Waals surface area contributed by atoms with E-state index in [9.17, 15) is 13.2 Å². The molecule has 1 saturated heterocycles. The minimum absolute atomic E-state index is 0. The third-order valence-corrected chi connectivity index (χ3v) is 7.54. The molecule has 2 aliphatic rings. The SMILES string of the molecule is CN(C1CCCCC1)S(=O)(=O)c1ccc(C(=O)N2CCCC(N)C2)cc1.Cl. The van der Waals surface area contributed by atoms with Crippen LogP contribution in [0.3, 0.4) is 0 Å². The van der Waals surface area contributed by atoms with Crippen molar-refractivity contribution < 1.29 is 13.2 Å². The molecule has 1 aliphatic heterocycles. The van der Waals surface area contributed by atoms with Crippen LogP contribution in [0.1, 0.15) is 55.3 Å². The Morgan fingerprint density at radius 2 is 1.70 bits per heavy atom. The van der Waals surface area contributed by atoms with Gasteiger partial charge in [0.25, 0.3) is 5.91 Å². The molecule has 1 atom stereocenters. The van der Waals surface area contributed by atoms with Gasteiger partial charge in [0.15, 0.2) is 0 Å². The van der Waals surface area contributed by atoms with Crippen molar-refractivity contribution in [3.8, 4) is 0 Å². The largest absolute Gasteiger partial charge is 0.337 e. The Labute approximate surface area is 168 Å². The van der Waals surface area contributed by atoms with Crippen LogP contribution < -0.4 is 5.73 Å². The van der Waals surface area contributed by atoms with Gasteiger partial charge in [-0.25, -0.2) is 8.42 Å². The Hall–Kier alpha value is -1.15. The number of sulfonamides is 1. The lowest BCUT2D eigenvalue weighted by Crippen LogP contribution is -2.45. The highest BCUT2D eigenvalue weighted by Gasteiger charge is 2.29. The Bertz CT molecular complexity index is 733. The van der Waals surface area contributed by atoms with Crippen LogP contribution >= 0.6 is 12.4 Å². The smallest absolute Gasteiger partial charge is 0.253 e. The molecule has 1 amide bonds. The van der Waals surface area contributed by atoms with E-state index >= 15 is 0 Å². The number of halogens is 1. The average molecular weight is 416 g/mol. The van der Waals surface area contributed by atoms with E-state index in [-0.39, 0.29) is 35.3 Å². The van der Waals surface area contributed by atoms with Crippen LogP contribution in [0.4, 0.5) is 0 Å². The van der Waals surface area contributed by atoms with Gasteiger partial charge in [0.2, 0.25) is 10.0 Å². The Balaban J connectivity index is 0.00000261. The van der Waals surface area contributed by atoms with Crippen LogP contribution in [0.2, 0.25) is 0 Å². The Kier molecular flexibility index (Phi) is 7.68. The van der Waals surface area contributed by atoms with Crippen LogP contribution in [-0.4, -0.2) is 55.8 Å². The number of likely N-dealkylation sites (tertiary alicyclic amines) is 1. The van der Waals surface area contributed by atoms with Gasteiger partial charge < -0.3 is 10.6 Å². The highest BCUT2D eigenvalue weighted by Crippen LogP contribution is 2.26. The van der Waals surface area contributed by atoms with Crippen LogP contribution in [0.5, 0.6) is 0 Å². The number of carbonyl (C=O) groups excluding carboxylic acids is 1. The standard InChI is InChI=1S/C19H29N3O3S.ClH/c1-21(17-7-3-2-4-8-17)26(24,25)18-11-9-15(10-12-18)19(23)22-13-5-6-16(20)14-22;/h9-12,16-17H,2-8,13-14,20H2,1H3;1H. The number of piperidine rings is 1. The summed E-state index contributed by atoms with van der Waals surface area (Å²) in [5.74, 6) is -0.0790. The second kappa shape index (κ2) is 9.37. The Morgan fingerprint density at radius 3 is 2.30 bits per heavy atom. The van der Waals surface area contributed by atoms with Crippen molar-refractivity contribution in [2.75, 3.05) is 20.1 Å². The van der Waals surface area contributed by atoms with E-state index in [0.29, 0.717) is 18.7 Å². The minimum Gasteiger partial charge on any atom is -0.337 e. The highest BCUT2D eigenvalue weighted by molar-refractivity contribution is 7.89. The summed E-state index contributed by atoms with van der Waals surface area (Å²) in [6, 6.07) is 6.42. The Morgan fingerprint density at radius 1 is 1.07 bits per heavy atom. The molecule has 0 aromatic heterocycles. The summed E-state index contributed by atoms with van der Waals surface area (Å²) < 4.78 is 27.2. The van der Waals surface area contributed by atoms with Crippen molar-refractivity contribution in [3.63, 3.8) is 0 Å². The maximum absolute atomic E-state index is 12.9. The molecule has 1 aromatic rings. The molecule has 1 aliphatic carbocycles. The number of carbonyl (C=O) groups is 1. The maximum Gasteiger partial charge on any atom is 0.253 e. The zero-order valence-electron chi connectivity index (χ0n) is 15.8. The maximum atomic E-state index is 12.9. The molecule has 1 aromatic carbocycles. The van der Waals surface area contributed by atoms with Crippen molar-refractivity contribution in [3.05, 3.63) is 29.8 Å². The normalized spacial score (nSPS) is 21.7. The molecular formula is C19H30ClN3O3S. The topological polar surface area (TPSA) is 83.7 Å². The van der Waals surface area contributed by atoms with E-state index in [1.807, 2.05) is 0 Å². The van der Waals surface area contributed by atoms with E-state index in [2.05, 4.69) is 0 Å². The molecular weight excluding hydrogens is 386 g/mol. The molecule has 3 rings (SSSR count). The molecule has 8 heteroatoms. The number of nitrogens with zero attached hydrogens (tertiary/aromatic N) is 2. The lowest BCUT2D eigenvalue weighted by atomic mass is 9.96. The number of amides is 1. The van der Waals surface area contributed by atoms with Gasteiger partial charge in [-0.15, -0.1) is 12.4 Å². The third-order valence-electron chi connectivity index (χ3n) is 5.61. The first kappa shape index (κ1) is 22.1. The second-order valence-electron chi connectivity index (χ2n) is 7.49. The molecule has 2 fully saturated rings.